The van der Waals surface area contributed by atoms with Crippen molar-refractivity contribution < 1.29 is 14.3 Å². The van der Waals surface area contributed by atoms with Crippen molar-refractivity contribution in [3.05, 3.63) is 35.4 Å². The Bertz CT molecular complexity index is 570. The number of morpholine rings is 1. The number of nitrogens with zero attached hydrogens (tertiary/aromatic N) is 1. The largest absolute Gasteiger partial charge is 0.366 e. The van der Waals surface area contributed by atoms with E-state index in [4.69, 9.17) is 4.74 Å². The molecule has 0 saturated carbocycles. The number of amides is 2. The van der Waals surface area contributed by atoms with Gasteiger partial charge in [0.1, 0.15) is 6.10 Å². The average Bonchev–Trinajstić information content (AvgIpc) is 2.99. The van der Waals surface area contributed by atoms with Crippen LogP contribution in [-0.2, 0) is 27.4 Å². The van der Waals surface area contributed by atoms with Gasteiger partial charge in [-0.05, 0) is 17.5 Å². The molecule has 2 amide bonds. The number of hydrogen-bond acceptors (Lipinski definition) is 4. The normalized spacial score (nSPS) is 21.5. The van der Waals surface area contributed by atoms with E-state index in [1.165, 1.54) is 0 Å². The van der Waals surface area contributed by atoms with Crippen molar-refractivity contribution in [2.24, 2.45) is 0 Å². The quantitative estimate of drug-likeness (QED) is 0.825. The lowest BCUT2D eigenvalue weighted by Crippen LogP contribution is -2.47. The van der Waals surface area contributed by atoms with E-state index in [9.17, 15) is 9.59 Å². The van der Waals surface area contributed by atoms with Crippen LogP contribution < -0.4 is 10.6 Å². The summed E-state index contributed by atoms with van der Waals surface area (Å²) in [6.07, 6.45) is 1.16. The van der Waals surface area contributed by atoms with E-state index in [0.717, 1.165) is 30.6 Å². The fraction of sp³-hybridized carbons (Fsp3) is 0.529. The average molecular weight is 317 g/mol. The zero-order valence-corrected chi connectivity index (χ0v) is 13.2. The number of carbonyl (C=O) groups excluding carboxylic acids is 2. The van der Waals surface area contributed by atoms with E-state index >= 15 is 0 Å². The Morgan fingerprint density at radius 3 is 2.87 bits per heavy atom. The fourth-order valence-corrected chi connectivity index (χ4v) is 2.99. The van der Waals surface area contributed by atoms with Crippen molar-refractivity contribution in [2.75, 3.05) is 26.2 Å². The smallest absolute Gasteiger partial charge is 0.250 e. The second-order valence-corrected chi connectivity index (χ2v) is 5.97. The Balaban J connectivity index is 1.59. The first-order chi connectivity index (χ1) is 11.2. The van der Waals surface area contributed by atoms with E-state index in [2.05, 4.69) is 10.6 Å². The summed E-state index contributed by atoms with van der Waals surface area (Å²) < 4.78 is 5.45. The van der Waals surface area contributed by atoms with E-state index < -0.39 is 6.10 Å². The molecule has 23 heavy (non-hydrogen) atoms. The minimum absolute atomic E-state index is 0.0933. The van der Waals surface area contributed by atoms with Gasteiger partial charge in [0, 0.05) is 39.1 Å². The molecule has 1 unspecified atom stereocenters. The fourth-order valence-electron chi connectivity index (χ4n) is 2.99. The zero-order chi connectivity index (χ0) is 16.1. The highest BCUT2D eigenvalue weighted by Gasteiger charge is 2.23. The van der Waals surface area contributed by atoms with Crippen LogP contribution in [0.15, 0.2) is 24.3 Å². The second kappa shape index (κ2) is 7.57. The van der Waals surface area contributed by atoms with Crippen molar-refractivity contribution >= 4 is 11.8 Å². The predicted octanol–water partition coefficient (Wildman–Crippen LogP) is 0.414. The summed E-state index contributed by atoms with van der Waals surface area (Å²) in [4.78, 5) is 25.8. The van der Waals surface area contributed by atoms with Gasteiger partial charge in [0.2, 0.25) is 5.91 Å². The first kappa shape index (κ1) is 16.0. The lowest BCUT2D eigenvalue weighted by Gasteiger charge is -2.23. The molecule has 2 aliphatic heterocycles. The van der Waals surface area contributed by atoms with Crippen molar-refractivity contribution in [2.45, 2.75) is 32.0 Å². The molecule has 3 rings (SSSR count). The summed E-state index contributed by atoms with van der Waals surface area (Å²) in [5.41, 5.74) is 2.13. The maximum absolute atomic E-state index is 12.1. The highest BCUT2D eigenvalue weighted by atomic mass is 16.5. The summed E-state index contributed by atoms with van der Waals surface area (Å²) in [6, 6.07) is 7.94. The molecule has 2 saturated heterocycles. The van der Waals surface area contributed by atoms with E-state index in [1.807, 2.05) is 29.2 Å². The van der Waals surface area contributed by atoms with Crippen LogP contribution in [0.3, 0.4) is 0 Å². The Morgan fingerprint density at radius 1 is 1.35 bits per heavy atom. The molecule has 1 aromatic carbocycles. The molecule has 2 heterocycles. The van der Waals surface area contributed by atoms with Crippen molar-refractivity contribution in [1.29, 1.82) is 0 Å². The molecule has 2 fully saturated rings. The van der Waals surface area contributed by atoms with Crippen LogP contribution in [0, 0.1) is 0 Å². The van der Waals surface area contributed by atoms with Gasteiger partial charge in [0.15, 0.2) is 0 Å². The van der Waals surface area contributed by atoms with Gasteiger partial charge in [0.25, 0.3) is 5.91 Å². The van der Waals surface area contributed by atoms with E-state index in [0.29, 0.717) is 32.7 Å². The highest BCUT2D eigenvalue weighted by molar-refractivity contribution is 5.81. The van der Waals surface area contributed by atoms with Gasteiger partial charge in [0.05, 0.1) is 6.61 Å². The molecule has 124 valence electrons. The lowest BCUT2D eigenvalue weighted by atomic mass is 10.1. The molecule has 0 bridgehead atoms. The van der Waals surface area contributed by atoms with Crippen LogP contribution in [0.5, 0.6) is 0 Å². The van der Waals surface area contributed by atoms with Crippen LogP contribution >= 0.6 is 0 Å². The van der Waals surface area contributed by atoms with Gasteiger partial charge in [-0.3, -0.25) is 9.59 Å². The number of benzene rings is 1. The second-order valence-electron chi connectivity index (χ2n) is 5.97. The SMILES string of the molecule is O=C(NCc1ccccc1CN1CCCC1=O)C1CNCCO1. The Labute approximate surface area is 136 Å². The van der Waals surface area contributed by atoms with Gasteiger partial charge in [-0.15, -0.1) is 0 Å². The van der Waals surface area contributed by atoms with Crippen molar-refractivity contribution in [1.82, 2.24) is 15.5 Å². The van der Waals surface area contributed by atoms with Gasteiger partial charge in [-0.2, -0.15) is 0 Å². The molecule has 1 aromatic rings. The number of rotatable bonds is 5. The molecular formula is C17H23N3O3. The van der Waals surface area contributed by atoms with E-state index in [-0.39, 0.29) is 11.8 Å². The molecule has 0 aliphatic carbocycles. The lowest BCUT2D eigenvalue weighted by molar-refractivity contribution is -0.134. The van der Waals surface area contributed by atoms with Gasteiger partial charge in [-0.1, -0.05) is 24.3 Å². The zero-order valence-electron chi connectivity index (χ0n) is 13.2. The monoisotopic (exact) mass is 317 g/mol. The Morgan fingerprint density at radius 2 is 2.17 bits per heavy atom. The molecule has 6 heteroatoms. The number of hydrogen-bond donors (Lipinski definition) is 2. The molecule has 0 spiro atoms. The summed E-state index contributed by atoms with van der Waals surface area (Å²) in [5.74, 6) is 0.120. The highest BCUT2D eigenvalue weighted by Crippen LogP contribution is 2.17. The maximum Gasteiger partial charge on any atom is 0.250 e. The maximum atomic E-state index is 12.1. The molecular weight excluding hydrogens is 294 g/mol. The summed E-state index contributed by atoms with van der Waals surface area (Å²) >= 11 is 0. The summed E-state index contributed by atoms with van der Waals surface area (Å²) in [7, 11) is 0. The van der Waals surface area contributed by atoms with Gasteiger partial charge < -0.3 is 20.3 Å². The minimum Gasteiger partial charge on any atom is -0.366 e. The molecule has 1 atom stereocenters. The minimum atomic E-state index is -0.420. The standard InChI is InChI=1S/C17H23N3O3/c21-16-6-3-8-20(16)12-14-5-2-1-4-13(14)10-19-17(22)15-11-18-7-9-23-15/h1-2,4-5,15,18H,3,6-12H2,(H,19,22). The Hall–Kier alpha value is -1.92. The predicted molar refractivity (Wildman–Crippen MR) is 85.5 cm³/mol. The summed E-state index contributed by atoms with van der Waals surface area (Å²) in [6.45, 7) is 3.79. The van der Waals surface area contributed by atoms with Crippen LogP contribution in [0.4, 0.5) is 0 Å². The van der Waals surface area contributed by atoms with Crippen molar-refractivity contribution in [3.8, 4) is 0 Å². The van der Waals surface area contributed by atoms with Crippen LogP contribution in [0.1, 0.15) is 24.0 Å². The first-order valence-electron chi connectivity index (χ1n) is 8.18. The first-order valence-corrected chi connectivity index (χ1v) is 8.18. The number of nitrogens with one attached hydrogen (secondary N) is 2. The molecule has 0 aromatic heterocycles. The third-order valence-corrected chi connectivity index (χ3v) is 4.32. The van der Waals surface area contributed by atoms with E-state index in [1.54, 1.807) is 0 Å². The van der Waals surface area contributed by atoms with Crippen LogP contribution in [0.25, 0.3) is 0 Å². The number of ether oxygens (including phenoxy) is 1. The number of carbonyl (C=O) groups is 2. The third kappa shape index (κ3) is 4.09. The topological polar surface area (TPSA) is 70.7 Å². The van der Waals surface area contributed by atoms with Crippen molar-refractivity contribution in [3.63, 3.8) is 0 Å². The molecule has 0 radical (unpaired) electrons. The Kier molecular flexibility index (Phi) is 5.25. The number of likely N-dealkylation sites (tertiary alicyclic amines) is 1. The molecule has 2 N–H and O–H groups in total. The third-order valence-electron chi connectivity index (χ3n) is 4.32. The molecule has 2 aliphatic rings. The van der Waals surface area contributed by atoms with Crippen LogP contribution in [0.2, 0.25) is 0 Å². The van der Waals surface area contributed by atoms with Gasteiger partial charge in [-0.25, -0.2) is 0 Å². The van der Waals surface area contributed by atoms with Crippen LogP contribution in [-0.4, -0.2) is 49.1 Å². The van der Waals surface area contributed by atoms with Gasteiger partial charge >= 0.3 is 0 Å². The molecule has 6 nitrogen and oxygen atoms in total. The summed E-state index contributed by atoms with van der Waals surface area (Å²) in [5, 5.41) is 6.09.